The molecule has 1 fully saturated rings. The summed E-state index contributed by atoms with van der Waals surface area (Å²) in [6.45, 7) is 1.74. The number of esters is 1. The van der Waals surface area contributed by atoms with Crippen molar-refractivity contribution >= 4 is 35.3 Å². The molecule has 1 saturated carbocycles. The number of ketones is 1. The summed E-state index contributed by atoms with van der Waals surface area (Å²) in [5, 5.41) is 0. The molecule has 0 N–H and O–H groups in total. The summed E-state index contributed by atoms with van der Waals surface area (Å²) in [4.78, 5) is 26.0. The molecule has 130 valence electrons. The Balaban J connectivity index is 2.66. The van der Waals surface area contributed by atoms with Crippen molar-refractivity contribution in [3.05, 3.63) is 12.2 Å². The standard InChI is InChI=1S/C16H24O5S2/c1-14(12(18)19-2)9-10-7-8-15(14,20-3)11(17)16(10,21-4)13(22-5)23-6/h7-8,10,13H,9H2,1-6H3/t10-,14-,15+,16+/m1/s1. The Morgan fingerprint density at radius 3 is 2.30 bits per heavy atom. The number of hydrogen-bond acceptors (Lipinski definition) is 7. The van der Waals surface area contributed by atoms with E-state index in [0.29, 0.717) is 6.42 Å². The number of carbonyl (C=O) groups excluding carboxylic acids is 2. The Kier molecular flexibility index (Phi) is 5.26. The smallest absolute Gasteiger partial charge is 0.315 e. The maximum atomic E-state index is 13.6. The lowest BCUT2D eigenvalue weighted by atomic mass is 9.51. The molecule has 0 unspecified atom stereocenters. The van der Waals surface area contributed by atoms with Gasteiger partial charge in [-0.3, -0.25) is 9.59 Å². The molecule has 3 aliphatic rings. The van der Waals surface area contributed by atoms with Crippen LogP contribution in [0.5, 0.6) is 0 Å². The molecule has 0 amide bonds. The summed E-state index contributed by atoms with van der Waals surface area (Å²) in [7, 11) is 4.36. The van der Waals surface area contributed by atoms with Crippen molar-refractivity contribution in [3.8, 4) is 0 Å². The van der Waals surface area contributed by atoms with E-state index < -0.39 is 22.6 Å². The fourth-order valence-corrected chi connectivity index (χ4v) is 6.32. The first kappa shape index (κ1) is 18.8. The van der Waals surface area contributed by atoms with E-state index in [4.69, 9.17) is 14.2 Å². The van der Waals surface area contributed by atoms with Gasteiger partial charge in [0.2, 0.25) is 5.78 Å². The Bertz CT molecular complexity index is 533. The quantitative estimate of drug-likeness (QED) is 0.408. The van der Waals surface area contributed by atoms with Crippen LogP contribution in [0.1, 0.15) is 13.3 Å². The molecule has 0 aromatic heterocycles. The molecular formula is C16H24O5S2. The molecule has 0 spiro atoms. The van der Waals surface area contributed by atoms with Crippen LogP contribution in [-0.2, 0) is 23.8 Å². The molecule has 4 atom stereocenters. The fraction of sp³-hybridized carbons (Fsp3) is 0.750. The van der Waals surface area contributed by atoms with Crippen LogP contribution in [0.25, 0.3) is 0 Å². The summed E-state index contributed by atoms with van der Waals surface area (Å²) < 4.78 is 16.4. The second-order valence-electron chi connectivity index (χ2n) is 6.06. The predicted octanol–water partition coefficient (Wildman–Crippen LogP) is 2.15. The molecule has 0 saturated heterocycles. The monoisotopic (exact) mass is 360 g/mol. The largest absolute Gasteiger partial charge is 0.468 e. The highest BCUT2D eigenvalue weighted by atomic mass is 32.2. The van der Waals surface area contributed by atoms with Crippen LogP contribution >= 0.6 is 23.5 Å². The summed E-state index contributed by atoms with van der Waals surface area (Å²) in [5.41, 5.74) is -3.44. The predicted molar refractivity (Wildman–Crippen MR) is 92.7 cm³/mol. The van der Waals surface area contributed by atoms with Crippen molar-refractivity contribution in [2.24, 2.45) is 11.3 Å². The normalized spacial score (nSPS) is 39.1. The second-order valence-corrected chi connectivity index (χ2v) is 8.25. The average molecular weight is 360 g/mol. The highest BCUT2D eigenvalue weighted by Crippen LogP contribution is 2.59. The summed E-state index contributed by atoms with van der Waals surface area (Å²) in [5.74, 6) is -0.835. The van der Waals surface area contributed by atoms with Crippen LogP contribution in [0.4, 0.5) is 0 Å². The summed E-state index contributed by atoms with van der Waals surface area (Å²) >= 11 is 3.16. The zero-order chi connectivity index (χ0) is 17.5. The van der Waals surface area contributed by atoms with E-state index in [1.165, 1.54) is 14.2 Å². The number of Topliss-reactive ketones (excluding diaryl/α,β-unsaturated/α-hetero) is 1. The van der Waals surface area contributed by atoms with Gasteiger partial charge in [0.15, 0.2) is 11.2 Å². The topological polar surface area (TPSA) is 61.8 Å². The van der Waals surface area contributed by atoms with Gasteiger partial charge in [-0.05, 0) is 31.9 Å². The van der Waals surface area contributed by atoms with Gasteiger partial charge in [-0.25, -0.2) is 0 Å². The van der Waals surface area contributed by atoms with Gasteiger partial charge in [0.25, 0.3) is 0 Å². The van der Waals surface area contributed by atoms with E-state index >= 15 is 0 Å². The van der Waals surface area contributed by atoms with Gasteiger partial charge in [-0.1, -0.05) is 6.08 Å². The van der Waals surface area contributed by atoms with E-state index in [1.807, 2.05) is 18.6 Å². The van der Waals surface area contributed by atoms with Crippen molar-refractivity contribution in [2.75, 3.05) is 33.8 Å². The van der Waals surface area contributed by atoms with Gasteiger partial charge < -0.3 is 14.2 Å². The molecule has 3 rings (SSSR count). The minimum Gasteiger partial charge on any atom is -0.468 e. The first-order chi connectivity index (χ1) is 10.8. The van der Waals surface area contributed by atoms with E-state index in [1.54, 1.807) is 43.6 Å². The minimum atomic E-state index is -1.37. The second kappa shape index (κ2) is 6.43. The fourth-order valence-electron chi connectivity index (χ4n) is 4.09. The van der Waals surface area contributed by atoms with Gasteiger partial charge in [0, 0.05) is 20.1 Å². The third kappa shape index (κ3) is 2.16. The number of fused-ring (bicyclic) bond motifs is 2. The number of thioether (sulfide) groups is 2. The lowest BCUT2D eigenvalue weighted by Crippen LogP contribution is -2.75. The lowest BCUT2D eigenvalue weighted by Gasteiger charge is -2.59. The SMILES string of the molecule is COC(=O)[C@@]1(C)C[C@H]2C=C[C@]1(OC)C(=O)[C@]2(OC)C(SC)SC. The molecule has 3 aliphatic carbocycles. The molecule has 2 bridgehead atoms. The molecule has 0 radical (unpaired) electrons. The van der Waals surface area contributed by atoms with Crippen LogP contribution in [0.3, 0.4) is 0 Å². The van der Waals surface area contributed by atoms with Gasteiger partial charge >= 0.3 is 5.97 Å². The Labute approximate surface area is 145 Å². The zero-order valence-corrected chi connectivity index (χ0v) is 16.0. The molecule has 23 heavy (non-hydrogen) atoms. The molecule has 0 aromatic carbocycles. The molecule has 7 heteroatoms. The highest BCUT2D eigenvalue weighted by molar-refractivity contribution is 8.16. The van der Waals surface area contributed by atoms with Crippen LogP contribution in [0, 0.1) is 11.3 Å². The van der Waals surface area contributed by atoms with E-state index in [9.17, 15) is 9.59 Å². The minimum absolute atomic E-state index is 0.0910. The van der Waals surface area contributed by atoms with Crippen molar-refractivity contribution < 1.29 is 23.8 Å². The summed E-state index contributed by atoms with van der Waals surface area (Å²) in [6.07, 6.45) is 8.04. The third-order valence-electron chi connectivity index (χ3n) is 5.33. The third-order valence-corrected chi connectivity index (χ3v) is 8.04. The molecule has 0 heterocycles. The molecule has 5 nitrogen and oxygen atoms in total. The van der Waals surface area contributed by atoms with Crippen LogP contribution in [0.15, 0.2) is 12.2 Å². The first-order valence-electron chi connectivity index (χ1n) is 7.33. The number of rotatable bonds is 6. The number of methoxy groups -OCH3 is 3. The van der Waals surface area contributed by atoms with Crippen molar-refractivity contribution in [2.45, 2.75) is 29.1 Å². The lowest BCUT2D eigenvalue weighted by molar-refractivity contribution is -0.207. The van der Waals surface area contributed by atoms with Gasteiger partial charge in [-0.15, -0.1) is 23.5 Å². The molecule has 0 aliphatic heterocycles. The highest BCUT2D eigenvalue weighted by Gasteiger charge is 2.73. The maximum absolute atomic E-state index is 13.6. The molecular weight excluding hydrogens is 336 g/mol. The maximum Gasteiger partial charge on any atom is 0.315 e. The van der Waals surface area contributed by atoms with E-state index in [2.05, 4.69) is 0 Å². The average Bonchev–Trinajstić information content (AvgIpc) is 2.57. The van der Waals surface area contributed by atoms with E-state index in [0.717, 1.165) is 0 Å². The van der Waals surface area contributed by atoms with Crippen molar-refractivity contribution in [1.29, 1.82) is 0 Å². The Morgan fingerprint density at radius 2 is 1.87 bits per heavy atom. The number of carbonyl (C=O) groups is 2. The van der Waals surface area contributed by atoms with Crippen LogP contribution in [-0.4, -0.2) is 61.4 Å². The van der Waals surface area contributed by atoms with Gasteiger partial charge in [0.1, 0.15) is 5.41 Å². The van der Waals surface area contributed by atoms with Crippen LogP contribution < -0.4 is 0 Å². The Morgan fingerprint density at radius 1 is 1.26 bits per heavy atom. The Hall–Kier alpha value is -0.500. The zero-order valence-electron chi connectivity index (χ0n) is 14.4. The molecule has 0 aromatic rings. The first-order valence-corrected chi connectivity index (χ1v) is 9.90. The van der Waals surface area contributed by atoms with Gasteiger partial charge in [-0.2, -0.15) is 0 Å². The van der Waals surface area contributed by atoms with Crippen molar-refractivity contribution in [1.82, 2.24) is 0 Å². The van der Waals surface area contributed by atoms with Gasteiger partial charge in [0.05, 0.1) is 11.7 Å². The van der Waals surface area contributed by atoms with Crippen molar-refractivity contribution in [3.63, 3.8) is 0 Å². The van der Waals surface area contributed by atoms with E-state index in [-0.39, 0.29) is 16.3 Å². The number of hydrogen-bond donors (Lipinski definition) is 0. The summed E-state index contributed by atoms with van der Waals surface area (Å²) in [6, 6.07) is 0. The van der Waals surface area contributed by atoms with Crippen LogP contribution in [0.2, 0.25) is 0 Å². The number of ether oxygens (including phenoxy) is 3.